The number of carbonyl (C=O) groups excluding carboxylic acids is 1. The number of nitrogens with zero attached hydrogens (tertiary/aromatic N) is 2. The van der Waals surface area contributed by atoms with Crippen LogP contribution in [-0.4, -0.2) is 22.3 Å². The maximum atomic E-state index is 12.6. The minimum absolute atomic E-state index is 0.0416. The van der Waals surface area contributed by atoms with E-state index in [1.54, 1.807) is 0 Å². The van der Waals surface area contributed by atoms with E-state index in [2.05, 4.69) is 19.1 Å². The highest BCUT2D eigenvalue weighted by Crippen LogP contribution is 2.35. The quantitative estimate of drug-likeness (QED) is 0.928. The van der Waals surface area contributed by atoms with Crippen LogP contribution in [0.3, 0.4) is 0 Å². The number of para-hydroxylation sites is 1. The molecular formula is C20H25N3O. The van der Waals surface area contributed by atoms with E-state index in [1.165, 1.54) is 31.2 Å². The number of rotatable bonds is 4. The summed E-state index contributed by atoms with van der Waals surface area (Å²) < 4.78 is 0. The minimum atomic E-state index is 0.0416. The van der Waals surface area contributed by atoms with Crippen LogP contribution in [0, 0.1) is 5.92 Å². The van der Waals surface area contributed by atoms with Crippen LogP contribution in [-0.2, 0) is 13.0 Å². The van der Waals surface area contributed by atoms with Gasteiger partial charge in [-0.1, -0.05) is 50.8 Å². The molecule has 0 saturated heterocycles. The molecule has 0 spiro atoms. The van der Waals surface area contributed by atoms with Crippen molar-refractivity contribution < 1.29 is 4.79 Å². The van der Waals surface area contributed by atoms with Crippen molar-refractivity contribution in [2.24, 2.45) is 5.92 Å². The monoisotopic (exact) mass is 323 g/mol. The van der Waals surface area contributed by atoms with Crippen LogP contribution >= 0.6 is 0 Å². The number of benzene rings is 1. The Bertz CT molecular complexity index is 793. The van der Waals surface area contributed by atoms with Crippen molar-refractivity contribution in [2.75, 3.05) is 12.3 Å². The fourth-order valence-corrected chi connectivity index (χ4v) is 4.33. The second kappa shape index (κ2) is 6.08. The van der Waals surface area contributed by atoms with Gasteiger partial charge < -0.3 is 10.6 Å². The molecule has 0 atom stereocenters. The van der Waals surface area contributed by atoms with Gasteiger partial charge >= 0.3 is 0 Å². The Balaban J connectivity index is 1.78. The SMILES string of the molecule is CCCN1Cc2nc3c(CC4CCCC4)cccc3c(N)c2C1=O. The molecule has 0 unspecified atom stereocenters. The van der Waals surface area contributed by atoms with Crippen molar-refractivity contribution in [3.8, 4) is 0 Å². The van der Waals surface area contributed by atoms with Crippen molar-refractivity contribution in [1.82, 2.24) is 9.88 Å². The Hall–Kier alpha value is -2.10. The van der Waals surface area contributed by atoms with Gasteiger partial charge in [0.1, 0.15) is 0 Å². The van der Waals surface area contributed by atoms with E-state index >= 15 is 0 Å². The van der Waals surface area contributed by atoms with Gasteiger partial charge in [0, 0.05) is 11.9 Å². The first-order valence-corrected chi connectivity index (χ1v) is 9.18. The molecule has 0 radical (unpaired) electrons. The largest absolute Gasteiger partial charge is 0.397 e. The summed E-state index contributed by atoms with van der Waals surface area (Å²) in [4.78, 5) is 19.4. The van der Waals surface area contributed by atoms with Crippen molar-refractivity contribution in [3.63, 3.8) is 0 Å². The summed E-state index contributed by atoms with van der Waals surface area (Å²) in [6.45, 7) is 3.45. The van der Waals surface area contributed by atoms with Crippen LogP contribution in [0.2, 0.25) is 0 Å². The smallest absolute Gasteiger partial charge is 0.258 e. The first-order chi connectivity index (χ1) is 11.7. The summed E-state index contributed by atoms with van der Waals surface area (Å²) >= 11 is 0. The highest BCUT2D eigenvalue weighted by molar-refractivity contribution is 6.09. The minimum Gasteiger partial charge on any atom is -0.397 e. The van der Waals surface area contributed by atoms with Gasteiger partial charge in [0.25, 0.3) is 5.91 Å². The molecule has 126 valence electrons. The Morgan fingerprint density at radius 3 is 2.83 bits per heavy atom. The topological polar surface area (TPSA) is 59.2 Å². The Kier molecular flexibility index (Phi) is 3.91. The second-order valence-corrected chi connectivity index (χ2v) is 7.24. The molecule has 0 bridgehead atoms. The summed E-state index contributed by atoms with van der Waals surface area (Å²) in [6.07, 6.45) is 7.36. The van der Waals surface area contributed by atoms with Crippen LogP contribution < -0.4 is 5.73 Å². The van der Waals surface area contributed by atoms with Gasteiger partial charge in [0.15, 0.2) is 0 Å². The Morgan fingerprint density at radius 1 is 1.29 bits per heavy atom. The van der Waals surface area contributed by atoms with E-state index in [0.29, 0.717) is 17.8 Å². The number of hydrogen-bond donors (Lipinski definition) is 1. The number of anilines is 1. The fourth-order valence-electron chi connectivity index (χ4n) is 4.33. The van der Waals surface area contributed by atoms with Gasteiger partial charge in [0.05, 0.1) is 29.0 Å². The highest BCUT2D eigenvalue weighted by Gasteiger charge is 2.31. The van der Waals surface area contributed by atoms with E-state index in [4.69, 9.17) is 10.7 Å². The average molecular weight is 323 g/mol. The highest BCUT2D eigenvalue weighted by atomic mass is 16.2. The molecule has 1 amide bonds. The van der Waals surface area contributed by atoms with Gasteiger partial charge in [-0.05, 0) is 24.3 Å². The summed E-state index contributed by atoms with van der Waals surface area (Å²) in [6, 6.07) is 6.24. The second-order valence-electron chi connectivity index (χ2n) is 7.24. The molecule has 1 aromatic carbocycles. The maximum absolute atomic E-state index is 12.6. The molecule has 1 aliphatic carbocycles. The molecule has 2 heterocycles. The lowest BCUT2D eigenvalue weighted by atomic mass is 9.95. The normalized spacial score (nSPS) is 17.9. The lowest BCUT2D eigenvalue weighted by Gasteiger charge is -2.13. The zero-order valence-electron chi connectivity index (χ0n) is 14.3. The molecular weight excluding hydrogens is 298 g/mol. The average Bonchev–Trinajstić information content (AvgIpc) is 3.18. The molecule has 4 rings (SSSR count). The third kappa shape index (κ3) is 2.45. The standard InChI is InChI=1S/C20H25N3O/c1-2-10-23-12-16-17(20(23)24)18(21)15-9-5-8-14(19(15)22-16)11-13-6-3-4-7-13/h5,8-9,13H,2-4,6-7,10-12H2,1H3,(H2,21,22). The molecule has 24 heavy (non-hydrogen) atoms. The molecule has 1 saturated carbocycles. The lowest BCUT2D eigenvalue weighted by molar-refractivity contribution is 0.0779. The molecule has 2 aliphatic rings. The van der Waals surface area contributed by atoms with Gasteiger partial charge in [-0.25, -0.2) is 4.98 Å². The Morgan fingerprint density at radius 2 is 2.08 bits per heavy atom. The number of aromatic nitrogens is 1. The number of amides is 1. The molecule has 1 aromatic heterocycles. The molecule has 2 aromatic rings. The number of hydrogen-bond acceptors (Lipinski definition) is 3. The number of fused-ring (bicyclic) bond motifs is 2. The van der Waals surface area contributed by atoms with E-state index in [-0.39, 0.29) is 5.91 Å². The van der Waals surface area contributed by atoms with Crippen LogP contribution in [0.5, 0.6) is 0 Å². The Labute approximate surface area is 143 Å². The molecule has 4 heteroatoms. The van der Waals surface area contributed by atoms with Crippen molar-refractivity contribution >= 4 is 22.5 Å². The van der Waals surface area contributed by atoms with Gasteiger partial charge in [0.2, 0.25) is 0 Å². The number of nitrogens with two attached hydrogens (primary N) is 1. The first-order valence-electron chi connectivity index (χ1n) is 9.18. The summed E-state index contributed by atoms with van der Waals surface area (Å²) in [7, 11) is 0. The lowest BCUT2D eigenvalue weighted by Crippen LogP contribution is -2.24. The third-order valence-electron chi connectivity index (χ3n) is 5.53. The summed E-state index contributed by atoms with van der Waals surface area (Å²) in [5, 5.41) is 0.941. The van der Waals surface area contributed by atoms with Crippen molar-refractivity contribution in [1.29, 1.82) is 0 Å². The van der Waals surface area contributed by atoms with Gasteiger partial charge in [-0.3, -0.25) is 4.79 Å². The summed E-state index contributed by atoms with van der Waals surface area (Å²) in [5.41, 5.74) is 10.8. The number of nitrogen functional groups attached to an aromatic ring is 1. The third-order valence-corrected chi connectivity index (χ3v) is 5.53. The predicted molar refractivity (Wildman–Crippen MR) is 96.8 cm³/mol. The van der Waals surface area contributed by atoms with Crippen LogP contribution in [0.15, 0.2) is 18.2 Å². The summed E-state index contributed by atoms with van der Waals surface area (Å²) in [5.74, 6) is 0.810. The fraction of sp³-hybridized carbons (Fsp3) is 0.500. The van der Waals surface area contributed by atoms with E-state index in [0.717, 1.165) is 41.9 Å². The maximum Gasteiger partial charge on any atom is 0.258 e. The van der Waals surface area contributed by atoms with Crippen LogP contribution in [0.1, 0.15) is 60.6 Å². The van der Waals surface area contributed by atoms with Crippen LogP contribution in [0.4, 0.5) is 5.69 Å². The zero-order valence-corrected chi connectivity index (χ0v) is 14.3. The number of carbonyl (C=O) groups is 1. The van der Waals surface area contributed by atoms with E-state index < -0.39 is 0 Å². The molecule has 1 fully saturated rings. The van der Waals surface area contributed by atoms with Crippen molar-refractivity contribution in [3.05, 3.63) is 35.0 Å². The molecule has 2 N–H and O–H groups in total. The van der Waals surface area contributed by atoms with E-state index in [1.807, 2.05) is 11.0 Å². The first kappa shape index (κ1) is 15.4. The molecule has 1 aliphatic heterocycles. The molecule has 4 nitrogen and oxygen atoms in total. The number of pyridine rings is 1. The zero-order chi connectivity index (χ0) is 16.7. The van der Waals surface area contributed by atoms with E-state index in [9.17, 15) is 4.79 Å². The predicted octanol–water partition coefficient (Wildman–Crippen LogP) is 3.92. The van der Waals surface area contributed by atoms with Crippen molar-refractivity contribution in [2.45, 2.75) is 52.0 Å². The van der Waals surface area contributed by atoms with Gasteiger partial charge in [-0.15, -0.1) is 0 Å². The van der Waals surface area contributed by atoms with Gasteiger partial charge in [-0.2, -0.15) is 0 Å². The van der Waals surface area contributed by atoms with Crippen LogP contribution in [0.25, 0.3) is 10.9 Å².